The fourth-order valence-corrected chi connectivity index (χ4v) is 2.59. The van der Waals surface area contributed by atoms with E-state index in [1.165, 1.54) is 4.90 Å². The molecule has 1 atom stereocenters. The summed E-state index contributed by atoms with van der Waals surface area (Å²) in [5, 5.41) is 11.7. The van der Waals surface area contributed by atoms with Crippen LogP contribution in [0.1, 0.15) is 27.2 Å². The van der Waals surface area contributed by atoms with E-state index in [0.717, 1.165) is 6.42 Å². The van der Waals surface area contributed by atoms with Gasteiger partial charge in [0, 0.05) is 24.2 Å². The number of carbonyl (C=O) groups excluding carboxylic acids is 2. The van der Waals surface area contributed by atoms with Crippen LogP contribution in [-0.4, -0.2) is 51.6 Å². The van der Waals surface area contributed by atoms with Gasteiger partial charge in [-0.05, 0) is 20.3 Å². The van der Waals surface area contributed by atoms with Crippen molar-refractivity contribution in [1.82, 2.24) is 10.2 Å². The minimum absolute atomic E-state index is 0.169. The summed E-state index contributed by atoms with van der Waals surface area (Å²) in [5.74, 6) is 0.536. The number of amides is 3. The molecule has 1 fully saturated rings. The van der Waals surface area contributed by atoms with Gasteiger partial charge in [0.1, 0.15) is 5.54 Å². The number of hydrogen-bond donors (Lipinski definition) is 2. The molecule has 6 heteroatoms. The topological polar surface area (TPSA) is 69.6 Å². The number of carbonyl (C=O) groups is 2. The van der Waals surface area contributed by atoms with Gasteiger partial charge < -0.3 is 10.4 Å². The number of nitrogens with zero attached hydrogens (tertiary/aromatic N) is 1. The van der Waals surface area contributed by atoms with Crippen molar-refractivity contribution in [3.63, 3.8) is 0 Å². The molecule has 0 aromatic rings. The van der Waals surface area contributed by atoms with E-state index in [1.807, 2.05) is 6.92 Å². The molecular weight excluding hydrogens is 240 g/mol. The number of thioether (sulfide) groups is 1. The highest BCUT2D eigenvalue weighted by Crippen LogP contribution is 2.19. The molecule has 1 aliphatic heterocycles. The van der Waals surface area contributed by atoms with Crippen molar-refractivity contribution in [2.24, 2.45) is 0 Å². The number of urea groups is 1. The minimum Gasteiger partial charge on any atom is -0.396 e. The standard InChI is InChI=1S/C11H20N2O3S/c1-8(4-6-14)17-7-5-13-9(15)11(2,3)12-10(13)16/h8,14H,4-7H2,1-3H3,(H,12,16). The van der Waals surface area contributed by atoms with E-state index in [1.54, 1.807) is 25.6 Å². The molecular formula is C11H20N2O3S. The lowest BCUT2D eigenvalue weighted by molar-refractivity contribution is -0.130. The van der Waals surface area contributed by atoms with Crippen molar-refractivity contribution in [2.75, 3.05) is 18.9 Å². The summed E-state index contributed by atoms with van der Waals surface area (Å²) >= 11 is 1.66. The second-order valence-electron chi connectivity index (χ2n) is 4.71. The number of aliphatic hydroxyl groups excluding tert-OH is 1. The highest BCUT2D eigenvalue weighted by molar-refractivity contribution is 7.99. The Morgan fingerprint density at radius 2 is 2.12 bits per heavy atom. The predicted molar refractivity (Wildman–Crippen MR) is 67.9 cm³/mol. The first-order chi connectivity index (χ1) is 7.88. The molecule has 1 aliphatic rings. The molecule has 17 heavy (non-hydrogen) atoms. The third kappa shape index (κ3) is 3.61. The molecule has 1 unspecified atom stereocenters. The van der Waals surface area contributed by atoms with Crippen molar-refractivity contribution >= 4 is 23.7 Å². The molecule has 0 bridgehead atoms. The lowest BCUT2D eigenvalue weighted by atomic mass is 10.1. The van der Waals surface area contributed by atoms with E-state index < -0.39 is 5.54 Å². The summed E-state index contributed by atoms with van der Waals surface area (Å²) in [6, 6.07) is -0.310. The van der Waals surface area contributed by atoms with E-state index in [2.05, 4.69) is 5.32 Å². The van der Waals surface area contributed by atoms with E-state index in [-0.39, 0.29) is 18.5 Å². The van der Waals surface area contributed by atoms with Crippen LogP contribution in [0, 0.1) is 0 Å². The molecule has 0 aliphatic carbocycles. The zero-order valence-electron chi connectivity index (χ0n) is 10.5. The van der Waals surface area contributed by atoms with E-state index in [9.17, 15) is 9.59 Å². The first kappa shape index (κ1) is 14.3. The average Bonchev–Trinajstić information content (AvgIpc) is 2.40. The van der Waals surface area contributed by atoms with Crippen molar-refractivity contribution in [2.45, 2.75) is 38.0 Å². The van der Waals surface area contributed by atoms with Crippen LogP contribution in [-0.2, 0) is 4.79 Å². The lowest BCUT2D eigenvalue weighted by Gasteiger charge is -2.16. The second-order valence-corrected chi connectivity index (χ2v) is 6.25. The van der Waals surface area contributed by atoms with Crippen LogP contribution in [0.25, 0.3) is 0 Å². The van der Waals surface area contributed by atoms with Crippen molar-refractivity contribution in [3.05, 3.63) is 0 Å². The Hall–Kier alpha value is -0.750. The summed E-state index contributed by atoms with van der Waals surface area (Å²) in [6.45, 7) is 6.03. The van der Waals surface area contributed by atoms with Gasteiger partial charge in [-0.3, -0.25) is 9.69 Å². The Labute approximate surface area is 106 Å². The van der Waals surface area contributed by atoms with Gasteiger partial charge in [-0.25, -0.2) is 4.79 Å². The Morgan fingerprint density at radius 1 is 1.47 bits per heavy atom. The minimum atomic E-state index is -0.779. The Balaban J connectivity index is 2.38. The van der Waals surface area contributed by atoms with Gasteiger partial charge >= 0.3 is 6.03 Å². The van der Waals surface area contributed by atoms with Gasteiger partial charge in [-0.1, -0.05) is 6.92 Å². The van der Waals surface area contributed by atoms with Gasteiger partial charge in [0.25, 0.3) is 5.91 Å². The van der Waals surface area contributed by atoms with Gasteiger partial charge in [0.2, 0.25) is 0 Å². The first-order valence-corrected chi connectivity index (χ1v) is 6.80. The monoisotopic (exact) mass is 260 g/mol. The molecule has 1 saturated heterocycles. The van der Waals surface area contributed by atoms with Gasteiger partial charge in [0.05, 0.1) is 0 Å². The number of nitrogens with one attached hydrogen (secondary N) is 1. The molecule has 0 aromatic heterocycles. The normalized spacial score (nSPS) is 20.6. The Kier molecular flexibility index (Phi) is 4.82. The molecule has 1 rings (SSSR count). The quantitative estimate of drug-likeness (QED) is 0.694. The second kappa shape index (κ2) is 5.73. The van der Waals surface area contributed by atoms with Crippen LogP contribution in [0.3, 0.4) is 0 Å². The maximum Gasteiger partial charge on any atom is 0.325 e. The summed E-state index contributed by atoms with van der Waals surface area (Å²) < 4.78 is 0. The third-order valence-corrected chi connectivity index (χ3v) is 3.92. The third-order valence-electron chi connectivity index (χ3n) is 2.70. The highest BCUT2D eigenvalue weighted by Gasteiger charge is 2.43. The highest BCUT2D eigenvalue weighted by atomic mass is 32.2. The van der Waals surface area contributed by atoms with Crippen molar-refractivity contribution < 1.29 is 14.7 Å². The molecule has 0 radical (unpaired) electrons. The number of rotatable bonds is 6. The van der Waals surface area contributed by atoms with Crippen LogP contribution < -0.4 is 5.32 Å². The molecule has 3 amide bonds. The van der Waals surface area contributed by atoms with Crippen LogP contribution in [0.15, 0.2) is 0 Å². The lowest BCUT2D eigenvalue weighted by Crippen LogP contribution is -2.40. The van der Waals surface area contributed by atoms with E-state index in [0.29, 0.717) is 17.5 Å². The summed E-state index contributed by atoms with van der Waals surface area (Å²) in [7, 11) is 0. The van der Waals surface area contributed by atoms with Crippen molar-refractivity contribution in [1.29, 1.82) is 0 Å². The molecule has 0 saturated carbocycles. The number of hydrogen-bond acceptors (Lipinski definition) is 4. The van der Waals surface area contributed by atoms with E-state index in [4.69, 9.17) is 5.11 Å². The fourth-order valence-electron chi connectivity index (χ4n) is 1.63. The fraction of sp³-hybridized carbons (Fsp3) is 0.818. The Bertz CT molecular complexity index is 307. The van der Waals surface area contributed by atoms with Gasteiger partial charge in [0.15, 0.2) is 0 Å². The van der Waals surface area contributed by atoms with Crippen LogP contribution in [0.5, 0.6) is 0 Å². The smallest absolute Gasteiger partial charge is 0.325 e. The van der Waals surface area contributed by atoms with Gasteiger partial charge in [-0.15, -0.1) is 0 Å². The molecule has 1 heterocycles. The molecule has 5 nitrogen and oxygen atoms in total. The maximum atomic E-state index is 11.8. The van der Waals surface area contributed by atoms with E-state index >= 15 is 0 Å². The summed E-state index contributed by atoms with van der Waals surface area (Å²) in [6.07, 6.45) is 0.732. The van der Waals surface area contributed by atoms with Crippen LogP contribution in [0.2, 0.25) is 0 Å². The molecule has 0 spiro atoms. The Morgan fingerprint density at radius 3 is 2.59 bits per heavy atom. The summed E-state index contributed by atoms with van der Waals surface area (Å²) in [4.78, 5) is 24.6. The number of imide groups is 1. The molecule has 0 aromatic carbocycles. The number of aliphatic hydroxyl groups is 1. The SMILES string of the molecule is CC(CCO)SCCN1C(=O)NC(C)(C)C1=O. The van der Waals surface area contributed by atoms with Crippen LogP contribution >= 0.6 is 11.8 Å². The summed E-state index contributed by atoms with van der Waals surface area (Å²) in [5.41, 5.74) is -0.779. The van der Waals surface area contributed by atoms with Crippen molar-refractivity contribution in [3.8, 4) is 0 Å². The molecule has 2 N–H and O–H groups in total. The largest absolute Gasteiger partial charge is 0.396 e. The molecule has 98 valence electrons. The predicted octanol–water partition coefficient (Wildman–Crippen LogP) is 0.821. The van der Waals surface area contributed by atoms with Crippen LogP contribution in [0.4, 0.5) is 4.79 Å². The maximum absolute atomic E-state index is 11.8. The van der Waals surface area contributed by atoms with Gasteiger partial charge in [-0.2, -0.15) is 11.8 Å². The average molecular weight is 260 g/mol. The first-order valence-electron chi connectivity index (χ1n) is 5.75. The zero-order valence-corrected chi connectivity index (χ0v) is 11.3. The zero-order chi connectivity index (χ0) is 13.1.